The van der Waals surface area contributed by atoms with Gasteiger partial charge in [0.05, 0.1) is 13.0 Å². The number of rotatable bonds is 7. The van der Waals surface area contributed by atoms with Gasteiger partial charge in [-0.3, -0.25) is 9.59 Å². The number of hydrogen-bond donors (Lipinski definition) is 1. The number of Topliss-reactive ketones (excluding diaryl/α,β-unsaturated/α-hetero) is 1. The molecule has 1 aromatic carbocycles. The lowest BCUT2D eigenvalue weighted by Crippen LogP contribution is -2.10. The van der Waals surface area contributed by atoms with Crippen LogP contribution in [0.5, 0.6) is 5.75 Å². The van der Waals surface area contributed by atoms with Crippen molar-refractivity contribution in [1.29, 1.82) is 0 Å². The number of nitrogens with zero attached hydrogens (tertiary/aromatic N) is 1. The Morgan fingerprint density at radius 2 is 2.00 bits per heavy atom. The van der Waals surface area contributed by atoms with Gasteiger partial charge in [-0.15, -0.1) is 0 Å². The van der Waals surface area contributed by atoms with Crippen LogP contribution in [0.3, 0.4) is 0 Å². The zero-order valence-electron chi connectivity index (χ0n) is 13.3. The molecule has 0 unspecified atom stereocenters. The number of benzene rings is 1. The van der Waals surface area contributed by atoms with Gasteiger partial charge in [-0.1, -0.05) is 12.1 Å². The summed E-state index contributed by atoms with van der Waals surface area (Å²) in [6, 6.07) is 9.02. The molecule has 0 amide bonds. The topological polar surface area (TPSA) is 76.5 Å². The molecule has 2 aromatic rings. The summed E-state index contributed by atoms with van der Waals surface area (Å²) >= 11 is 0. The molecule has 0 fully saturated rings. The van der Waals surface area contributed by atoms with Crippen molar-refractivity contribution in [3.63, 3.8) is 0 Å². The molecule has 0 aliphatic carbocycles. The normalized spacial score (nSPS) is 10.4. The molecule has 0 saturated carbocycles. The molecule has 0 radical (unpaired) electrons. The summed E-state index contributed by atoms with van der Waals surface area (Å²) < 4.78 is 18.0. The highest BCUT2D eigenvalue weighted by Gasteiger charge is 2.16. The van der Waals surface area contributed by atoms with Crippen molar-refractivity contribution in [2.24, 2.45) is 0 Å². The van der Waals surface area contributed by atoms with Gasteiger partial charge in [0.1, 0.15) is 17.3 Å². The summed E-state index contributed by atoms with van der Waals surface area (Å²) in [5, 5.41) is 9.82. The maximum atomic E-state index is 13.2. The molecule has 6 heteroatoms. The molecular weight excluding hydrogens is 313 g/mol. The molecular formula is C18H18FNO4. The molecule has 126 valence electrons. The Morgan fingerprint density at radius 3 is 2.71 bits per heavy atom. The number of aromatic nitrogens is 1. The first kappa shape index (κ1) is 17.6. The maximum absolute atomic E-state index is 13.2. The molecule has 0 saturated heterocycles. The van der Waals surface area contributed by atoms with Crippen LogP contribution in [-0.2, 0) is 16.0 Å². The Balaban J connectivity index is 2.10. The second-order valence-electron chi connectivity index (χ2n) is 5.21. The van der Waals surface area contributed by atoms with Gasteiger partial charge >= 0.3 is 5.97 Å². The Hall–Kier alpha value is -2.76. The van der Waals surface area contributed by atoms with Crippen LogP contribution in [0.2, 0.25) is 0 Å². The van der Waals surface area contributed by atoms with Crippen LogP contribution in [0.4, 0.5) is 4.39 Å². The number of pyridine rings is 1. The van der Waals surface area contributed by atoms with Crippen LogP contribution in [0.15, 0.2) is 36.4 Å². The highest BCUT2D eigenvalue weighted by atomic mass is 19.1. The Bertz CT molecular complexity index is 746. The van der Waals surface area contributed by atoms with Crippen LogP contribution in [-0.4, -0.2) is 28.4 Å². The second kappa shape index (κ2) is 8.19. The number of carbonyl (C=O) groups excluding carboxylic acids is 2. The Morgan fingerprint density at radius 1 is 1.21 bits per heavy atom. The van der Waals surface area contributed by atoms with Gasteiger partial charge < -0.3 is 9.84 Å². The minimum absolute atomic E-state index is 0.0675. The molecule has 0 aliphatic rings. The fourth-order valence-electron chi connectivity index (χ4n) is 2.22. The number of ether oxygens (including phenoxy) is 1. The van der Waals surface area contributed by atoms with E-state index in [4.69, 9.17) is 4.74 Å². The standard InChI is InChI=1S/C18H18FNO4/c1-2-24-17(23)9-8-16(22)18-15(21)7-6-14(20-18)11-12-4-3-5-13(19)10-12/h3-7,10,21H,2,8-9,11H2,1H3. The molecule has 0 bridgehead atoms. The Kier molecular flexibility index (Phi) is 6.01. The van der Waals surface area contributed by atoms with Gasteiger partial charge in [0.15, 0.2) is 5.78 Å². The van der Waals surface area contributed by atoms with Gasteiger partial charge in [-0.2, -0.15) is 0 Å². The first-order valence-corrected chi connectivity index (χ1v) is 7.61. The lowest BCUT2D eigenvalue weighted by atomic mass is 10.1. The van der Waals surface area contributed by atoms with E-state index in [2.05, 4.69) is 4.98 Å². The third-order valence-electron chi connectivity index (χ3n) is 3.33. The number of hydrogen-bond acceptors (Lipinski definition) is 5. The van der Waals surface area contributed by atoms with Gasteiger partial charge in [-0.05, 0) is 36.8 Å². The van der Waals surface area contributed by atoms with E-state index in [1.165, 1.54) is 18.2 Å². The maximum Gasteiger partial charge on any atom is 0.306 e. The van der Waals surface area contributed by atoms with Crippen molar-refractivity contribution in [1.82, 2.24) is 4.98 Å². The summed E-state index contributed by atoms with van der Waals surface area (Å²) in [5.74, 6) is -1.51. The van der Waals surface area contributed by atoms with E-state index in [0.29, 0.717) is 17.7 Å². The van der Waals surface area contributed by atoms with Crippen LogP contribution in [0, 0.1) is 5.82 Å². The lowest BCUT2D eigenvalue weighted by molar-refractivity contribution is -0.143. The van der Waals surface area contributed by atoms with E-state index < -0.39 is 11.8 Å². The third kappa shape index (κ3) is 4.87. The van der Waals surface area contributed by atoms with Crippen molar-refractivity contribution in [2.45, 2.75) is 26.2 Å². The van der Waals surface area contributed by atoms with Crippen LogP contribution in [0.1, 0.15) is 41.5 Å². The van der Waals surface area contributed by atoms with Crippen LogP contribution in [0.25, 0.3) is 0 Å². The molecule has 1 heterocycles. The summed E-state index contributed by atoms with van der Waals surface area (Å²) in [5.41, 5.74) is 1.14. The van der Waals surface area contributed by atoms with E-state index in [0.717, 1.165) is 0 Å². The molecule has 5 nitrogen and oxygen atoms in total. The molecule has 0 aliphatic heterocycles. The average molecular weight is 331 g/mol. The van der Waals surface area contributed by atoms with Crippen molar-refractivity contribution in [2.75, 3.05) is 6.61 Å². The lowest BCUT2D eigenvalue weighted by Gasteiger charge is -2.07. The zero-order valence-corrected chi connectivity index (χ0v) is 13.3. The molecule has 1 aromatic heterocycles. The predicted molar refractivity (Wildman–Crippen MR) is 85.3 cm³/mol. The number of ketones is 1. The van der Waals surface area contributed by atoms with Crippen LogP contribution >= 0.6 is 0 Å². The van der Waals surface area contributed by atoms with Gasteiger partial charge in [0, 0.05) is 18.5 Å². The number of aromatic hydroxyl groups is 1. The molecule has 24 heavy (non-hydrogen) atoms. The highest BCUT2D eigenvalue weighted by molar-refractivity contribution is 5.98. The second-order valence-corrected chi connectivity index (χ2v) is 5.21. The summed E-state index contributed by atoms with van der Waals surface area (Å²) in [7, 11) is 0. The minimum atomic E-state index is -0.471. The predicted octanol–water partition coefficient (Wildman–Crippen LogP) is 3.04. The van der Waals surface area contributed by atoms with Gasteiger partial charge in [-0.25, -0.2) is 9.37 Å². The average Bonchev–Trinajstić information content (AvgIpc) is 2.55. The molecule has 2 rings (SSSR count). The Labute approximate surface area is 139 Å². The number of halogens is 1. The van der Waals surface area contributed by atoms with Crippen molar-refractivity contribution in [3.05, 3.63) is 59.2 Å². The first-order valence-electron chi connectivity index (χ1n) is 7.61. The molecule has 1 N–H and O–H groups in total. The van der Waals surface area contributed by atoms with Crippen molar-refractivity contribution < 1.29 is 23.8 Å². The summed E-state index contributed by atoms with van der Waals surface area (Å²) in [6.07, 6.45) is 0.168. The molecule has 0 atom stereocenters. The van der Waals surface area contributed by atoms with Gasteiger partial charge in [0.25, 0.3) is 0 Å². The quantitative estimate of drug-likeness (QED) is 0.623. The van der Waals surface area contributed by atoms with E-state index in [1.54, 1.807) is 25.1 Å². The first-order chi connectivity index (χ1) is 11.5. The van der Waals surface area contributed by atoms with Crippen LogP contribution < -0.4 is 0 Å². The fraction of sp³-hybridized carbons (Fsp3) is 0.278. The van der Waals surface area contributed by atoms with E-state index in [-0.39, 0.29) is 36.7 Å². The minimum Gasteiger partial charge on any atom is -0.506 e. The number of carbonyl (C=O) groups is 2. The third-order valence-corrected chi connectivity index (χ3v) is 3.33. The number of esters is 1. The summed E-state index contributed by atoms with van der Waals surface area (Å²) in [6.45, 7) is 1.93. The van der Waals surface area contributed by atoms with Gasteiger partial charge in [0.2, 0.25) is 0 Å². The smallest absolute Gasteiger partial charge is 0.306 e. The van der Waals surface area contributed by atoms with Crippen molar-refractivity contribution >= 4 is 11.8 Å². The van der Waals surface area contributed by atoms with Crippen molar-refractivity contribution in [3.8, 4) is 5.75 Å². The van der Waals surface area contributed by atoms with E-state index in [9.17, 15) is 19.1 Å². The fourth-order valence-corrected chi connectivity index (χ4v) is 2.22. The van der Waals surface area contributed by atoms with E-state index in [1.807, 2.05) is 0 Å². The SMILES string of the molecule is CCOC(=O)CCC(=O)c1nc(Cc2cccc(F)c2)ccc1O. The highest BCUT2D eigenvalue weighted by Crippen LogP contribution is 2.19. The summed E-state index contributed by atoms with van der Waals surface area (Å²) in [4.78, 5) is 27.6. The molecule has 0 spiro atoms. The largest absolute Gasteiger partial charge is 0.506 e. The zero-order chi connectivity index (χ0) is 17.5. The van der Waals surface area contributed by atoms with E-state index >= 15 is 0 Å². The monoisotopic (exact) mass is 331 g/mol.